The van der Waals surface area contributed by atoms with Crippen molar-refractivity contribution in [3.05, 3.63) is 22.7 Å². The second kappa shape index (κ2) is 4.69. The van der Waals surface area contributed by atoms with Gasteiger partial charge in [-0.2, -0.15) is 11.8 Å². The van der Waals surface area contributed by atoms with E-state index in [0.717, 1.165) is 11.5 Å². The standard InChI is InChI=1S/C9H12Cl2N2S/c1-9(2,14-3)8-12-6(5-10)4-7(11)13-8/h4H,5H2,1-3H3. The van der Waals surface area contributed by atoms with Gasteiger partial charge in [0.25, 0.3) is 0 Å². The van der Waals surface area contributed by atoms with Crippen molar-refractivity contribution < 1.29 is 0 Å². The van der Waals surface area contributed by atoms with E-state index >= 15 is 0 Å². The largest absolute Gasteiger partial charge is 0.235 e. The fourth-order valence-corrected chi connectivity index (χ4v) is 1.51. The van der Waals surface area contributed by atoms with Gasteiger partial charge in [0.1, 0.15) is 11.0 Å². The monoisotopic (exact) mass is 250 g/mol. The molecule has 0 fully saturated rings. The van der Waals surface area contributed by atoms with E-state index in [1.807, 2.05) is 6.26 Å². The first-order chi connectivity index (χ1) is 6.49. The maximum absolute atomic E-state index is 5.87. The van der Waals surface area contributed by atoms with Gasteiger partial charge >= 0.3 is 0 Å². The number of thioether (sulfide) groups is 1. The molecule has 0 amide bonds. The van der Waals surface area contributed by atoms with Crippen molar-refractivity contribution in [1.82, 2.24) is 9.97 Å². The van der Waals surface area contributed by atoms with Gasteiger partial charge in [0, 0.05) is 0 Å². The van der Waals surface area contributed by atoms with E-state index in [9.17, 15) is 0 Å². The van der Waals surface area contributed by atoms with Gasteiger partial charge in [-0.05, 0) is 26.2 Å². The Morgan fingerprint density at radius 2 is 2.07 bits per heavy atom. The zero-order valence-electron chi connectivity index (χ0n) is 8.34. The highest BCUT2D eigenvalue weighted by molar-refractivity contribution is 7.99. The SMILES string of the molecule is CSC(C)(C)c1nc(Cl)cc(CCl)n1. The van der Waals surface area contributed by atoms with E-state index in [0.29, 0.717) is 11.0 Å². The first-order valence-corrected chi connectivity index (χ1v) is 6.28. The van der Waals surface area contributed by atoms with Gasteiger partial charge in [0.05, 0.1) is 16.3 Å². The van der Waals surface area contributed by atoms with Crippen molar-refractivity contribution in [2.75, 3.05) is 6.26 Å². The number of hydrogen-bond donors (Lipinski definition) is 0. The summed E-state index contributed by atoms with van der Waals surface area (Å²) in [6.07, 6.45) is 2.02. The summed E-state index contributed by atoms with van der Waals surface area (Å²) in [7, 11) is 0. The van der Waals surface area contributed by atoms with Crippen LogP contribution in [0.4, 0.5) is 0 Å². The fraction of sp³-hybridized carbons (Fsp3) is 0.556. The predicted octanol–water partition coefficient (Wildman–Crippen LogP) is 3.47. The van der Waals surface area contributed by atoms with Crippen LogP contribution in [-0.2, 0) is 10.6 Å². The molecule has 0 atom stereocenters. The third kappa shape index (κ3) is 2.75. The van der Waals surface area contributed by atoms with Crippen LogP contribution in [0.2, 0.25) is 5.15 Å². The minimum absolute atomic E-state index is 0.133. The van der Waals surface area contributed by atoms with Gasteiger partial charge in [-0.25, -0.2) is 9.97 Å². The first-order valence-electron chi connectivity index (χ1n) is 4.14. The smallest absolute Gasteiger partial charge is 0.145 e. The van der Waals surface area contributed by atoms with Crippen LogP contribution in [0.5, 0.6) is 0 Å². The van der Waals surface area contributed by atoms with E-state index < -0.39 is 0 Å². The van der Waals surface area contributed by atoms with Crippen LogP contribution in [-0.4, -0.2) is 16.2 Å². The van der Waals surface area contributed by atoms with Crippen molar-refractivity contribution >= 4 is 35.0 Å². The molecule has 5 heteroatoms. The molecule has 0 aromatic carbocycles. The minimum atomic E-state index is -0.133. The van der Waals surface area contributed by atoms with Gasteiger partial charge in [0.15, 0.2) is 0 Å². The molecule has 0 unspecified atom stereocenters. The van der Waals surface area contributed by atoms with Crippen molar-refractivity contribution in [2.45, 2.75) is 24.5 Å². The normalized spacial score (nSPS) is 11.8. The van der Waals surface area contributed by atoms with Crippen LogP contribution in [0, 0.1) is 0 Å². The second-order valence-electron chi connectivity index (χ2n) is 3.35. The highest BCUT2D eigenvalue weighted by atomic mass is 35.5. The topological polar surface area (TPSA) is 25.8 Å². The molecule has 0 bridgehead atoms. The Morgan fingerprint density at radius 3 is 2.57 bits per heavy atom. The van der Waals surface area contributed by atoms with Gasteiger partial charge in [-0.3, -0.25) is 0 Å². The summed E-state index contributed by atoms with van der Waals surface area (Å²) in [5.41, 5.74) is 0.767. The Morgan fingerprint density at radius 1 is 1.43 bits per heavy atom. The summed E-state index contributed by atoms with van der Waals surface area (Å²) < 4.78 is -0.133. The highest BCUT2D eigenvalue weighted by Gasteiger charge is 2.23. The molecule has 0 saturated carbocycles. The summed E-state index contributed by atoms with van der Waals surface area (Å²) in [6, 6.07) is 1.69. The Hall–Kier alpha value is 0.01000. The molecule has 0 spiro atoms. The summed E-state index contributed by atoms with van der Waals surface area (Å²) >= 11 is 13.3. The number of nitrogens with zero attached hydrogens (tertiary/aromatic N) is 2. The molecular formula is C9H12Cl2N2S. The van der Waals surface area contributed by atoms with Crippen LogP contribution in [0.3, 0.4) is 0 Å². The Kier molecular flexibility index (Phi) is 4.04. The van der Waals surface area contributed by atoms with E-state index in [4.69, 9.17) is 23.2 Å². The number of hydrogen-bond acceptors (Lipinski definition) is 3. The van der Waals surface area contributed by atoms with Crippen molar-refractivity contribution in [3.63, 3.8) is 0 Å². The molecule has 14 heavy (non-hydrogen) atoms. The Labute approximate surface area is 98.4 Å². The zero-order valence-corrected chi connectivity index (χ0v) is 10.7. The molecule has 0 aliphatic rings. The third-order valence-corrected chi connectivity index (χ3v) is 3.60. The van der Waals surface area contributed by atoms with E-state index in [-0.39, 0.29) is 4.75 Å². The Bertz CT molecular complexity index is 329. The lowest BCUT2D eigenvalue weighted by molar-refractivity contribution is 0.703. The van der Waals surface area contributed by atoms with Gasteiger partial charge in [-0.1, -0.05) is 11.6 Å². The zero-order chi connectivity index (χ0) is 10.8. The van der Waals surface area contributed by atoms with Crippen LogP contribution < -0.4 is 0 Å². The molecule has 2 nitrogen and oxygen atoms in total. The molecule has 1 rings (SSSR count). The van der Waals surface area contributed by atoms with Crippen molar-refractivity contribution in [1.29, 1.82) is 0 Å². The molecule has 0 aliphatic heterocycles. The fourth-order valence-electron chi connectivity index (χ4n) is 0.893. The lowest BCUT2D eigenvalue weighted by Crippen LogP contribution is -2.16. The lowest BCUT2D eigenvalue weighted by Gasteiger charge is -2.20. The third-order valence-electron chi connectivity index (χ3n) is 1.93. The van der Waals surface area contributed by atoms with Crippen molar-refractivity contribution in [2.24, 2.45) is 0 Å². The molecular weight excluding hydrogens is 239 g/mol. The van der Waals surface area contributed by atoms with E-state index in [1.54, 1.807) is 17.8 Å². The van der Waals surface area contributed by atoms with Gasteiger partial charge < -0.3 is 0 Å². The van der Waals surface area contributed by atoms with Crippen LogP contribution in [0.15, 0.2) is 6.07 Å². The summed E-state index contributed by atoms with van der Waals surface area (Å²) in [5.74, 6) is 1.09. The first kappa shape index (κ1) is 12.1. The number of rotatable bonds is 3. The summed E-state index contributed by atoms with van der Waals surface area (Å²) in [6.45, 7) is 4.11. The highest BCUT2D eigenvalue weighted by Crippen LogP contribution is 2.31. The maximum Gasteiger partial charge on any atom is 0.145 e. The average Bonchev–Trinajstić information content (AvgIpc) is 2.16. The molecule has 1 aromatic rings. The van der Waals surface area contributed by atoms with E-state index in [1.165, 1.54) is 0 Å². The molecule has 78 valence electrons. The number of halogens is 2. The van der Waals surface area contributed by atoms with Crippen molar-refractivity contribution in [3.8, 4) is 0 Å². The lowest BCUT2D eigenvalue weighted by atomic mass is 10.2. The molecule has 1 aromatic heterocycles. The number of alkyl halides is 1. The van der Waals surface area contributed by atoms with Gasteiger partial charge in [-0.15, -0.1) is 11.6 Å². The quantitative estimate of drug-likeness (QED) is 0.607. The van der Waals surface area contributed by atoms with Crippen LogP contribution >= 0.6 is 35.0 Å². The van der Waals surface area contributed by atoms with E-state index in [2.05, 4.69) is 23.8 Å². The summed E-state index contributed by atoms with van der Waals surface area (Å²) in [5, 5.41) is 0.452. The molecule has 1 heterocycles. The average molecular weight is 251 g/mol. The minimum Gasteiger partial charge on any atom is -0.235 e. The predicted molar refractivity (Wildman–Crippen MR) is 63.1 cm³/mol. The molecule has 0 radical (unpaired) electrons. The number of aromatic nitrogens is 2. The maximum atomic E-state index is 5.87. The summed E-state index contributed by atoms with van der Waals surface area (Å²) in [4.78, 5) is 8.55. The molecule has 0 saturated heterocycles. The second-order valence-corrected chi connectivity index (χ2v) is 5.44. The van der Waals surface area contributed by atoms with Crippen LogP contribution in [0.25, 0.3) is 0 Å². The molecule has 0 N–H and O–H groups in total. The van der Waals surface area contributed by atoms with Gasteiger partial charge in [0.2, 0.25) is 0 Å². The Balaban J connectivity index is 3.15. The molecule has 0 aliphatic carbocycles. The van der Waals surface area contributed by atoms with Crippen LogP contribution in [0.1, 0.15) is 25.4 Å².